The van der Waals surface area contributed by atoms with Gasteiger partial charge in [-0.15, -0.1) is 0 Å². The van der Waals surface area contributed by atoms with Crippen molar-refractivity contribution in [1.29, 1.82) is 0 Å². The summed E-state index contributed by atoms with van der Waals surface area (Å²) < 4.78 is 0. The van der Waals surface area contributed by atoms with Crippen LogP contribution in [-0.4, -0.2) is 31.2 Å². The Bertz CT molecular complexity index is 410. The number of carbonyl (C=O) groups excluding carboxylic acids is 1. The molecule has 2 N–H and O–H groups in total. The lowest BCUT2D eigenvalue weighted by Gasteiger charge is -2.19. The average Bonchev–Trinajstić information content (AvgIpc) is 2.36. The highest BCUT2D eigenvalue weighted by molar-refractivity contribution is 6.31. The first-order valence-electron chi connectivity index (χ1n) is 5.95. The van der Waals surface area contributed by atoms with Crippen molar-refractivity contribution >= 4 is 23.2 Å². The Balaban J connectivity index is 2.63. The molecule has 1 rings (SSSR count). The van der Waals surface area contributed by atoms with Crippen LogP contribution in [0.25, 0.3) is 0 Å². The van der Waals surface area contributed by atoms with E-state index < -0.39 is 0 Å². The third-order valence-electron chi connectivity index (χ3n) is 2.60. The molecule has 0 saturated heterocycles. The van der Waals surface area contributed by atoms with Gasteiger partial charge in [0.1, 0.15) is 0 Å². The maximum Gasteiger partial charge on any atom is 0.239 e. The van der Waals surface area contributed by atoms with Crippen LogP contribution in [0.1, 0.15) is 18.9 Å². The largest absolute Gasteiger partial charge is 0.392 e. The van der Waals surface area contributed by atoms with Gasteiger partial charge in [-0.2, -0.15) is 0 Å². The number of amides is 1. The van der Waals surface area contributed by atoms with E-state index >= 15 is 0 Å². The number of aliphatic hydroxyl groups excluding tert-OH is 1. The van der Waals surface area contributed by atoms with Gasteiger partial charge >= 0.3 is 0 Å². The first kappa shape index (κ1) is 14.8. The standard InChI is InChI=1S/C13H19ClN2O2/c1-3-6-15-13(18)8-16(2)11-5-4-10(9-17)12(14)7-11/h4-5,7,17H,3,6,8-9H2,1-2H3,(H,15,18). The molecule has 0 spiro atoms. The van der Waals surface area contributed by atoms with Crippen LogP contribution < -0.4 is 10.2 Å². The fourth-order valence-corrected chi connectivity index (χ4v) is 1.76. The van der Waals surface area contributed by atoms with Crippen molar-refractivity contribution in [2.24, 2.45) is 0 Å². The number of hydrogen-bond donors (Lipinski definition) is 2. The lowest BCUT2D eigenvalue weighted by atomic mass is 10.2. The van der Waals surface area contributed by atoms with Crippen molar-refractivity contribution < 1.29 is 9.90 Å². The number of likely N-dealkylation sites (N-methyl/N-ethyl adjacent to an activating group) is 1. The molecule has 4 nitrogen and oxygen atoms in total. The summed E-state index contributed by atoms with van der Waals surface area (Å²) in [5.74, 6) is -0.0123. The van der Waals surface area contributed by atoms with Crippen LogP contribution >= 0.6 is 11.6 Å². The molecule has 0 radical (unpaired) electrons. The second-order valence-corrected chi connectivity index (χ2v) is 4.55. The molecular weight excluding hydrogens is 252 g/mol. The third-order valence-corrected chi connectivity index (χ3v) is 2.95. The Labute approximate surface area is 113 Å². The van der Waals surface area contributed by atoms with Crippen LogP contribution in [0.4, 0.5) is 5.69 Å². The van der Waals surface area contributed by atoms with Gasteiger partial charge in [-0.3, -0.25) is 4.79 Å². The molecule has 0 aliphatic heterocycles. The van der Waals surface area contributed by atoms with Crippen molar-refractivity contribution in [2.75, 3.05) is 25.0 Å². The zero-order valence-electron chi connectivity index (χ0n) is 10.7. The molecular formula is C13H19ClN2O2. The van der Waals surface area contributed by atoms with Gasteiger partial charge in [-0.1, -0.05) is 24.6 Å². The number of halogens is 1. The van der Waals surface area contributed by atoms with Crippen molar-refractivity contribution in [3.63, 3.8) is 0 Å². The monoisotopic (exact) mass is 270 g/mol. The van der Waals surface area contributed by atoms with Gasteiger partial charge in [0.15, 0.2) is 0 Å². The van der Waals surface area contributed by atoms with Gasteiger partial charge in [0, 0.05) is 24.3 Å². The molecule has 1 amide bonds. The molecule has 0 unspecified atom stereocenters. The summed E-state index contributed by atoms with van der Waals surface area (Å²) in [6.07, 6.45) is 0.923. The normalized spacial score (nSPS) is 10.2. The topological polar surface area (TPSA) is 52.6 Å². The number of anilines is 1. The molecule has 0 heterocycles. The summed E-state index contributed by atoms with van der Waals surface area (Å²) in [5, 5.41) is 12.4. The van der Waals surface area contributed by atoms with E-state index in [0.717, 1.165) is 12.1 Å². The summed E-state index contributed by atoms with van der Waals surface area (Å²) in [4.78, 5) is 13.4. The van der Waals surface area contributed by atoms with E-state index in [4.69, 9.17) is 16.7 Å². The summed E-state index contributed by atoms with van der Waals surface area (Å²) in [6, 6.07) is 5.35. The lowest BCUT2D eigenvalue weighted by Crippen LogP contribution is -2.35. The Morgan fingerprint density at radius 2 is 2.22 bits per heavy atom. The first-order valence-corrected chi connectivity index (χ1v) is 6.33. The number of benzene rings is 1. The zero-order valence-corrected chi connectivity index (χ0v) is 11.5. The van der Waals surface area contributed by atoms with Gasteiger partial charge in [0.2, 0.25) is 5.91 Å². The number of carbonyl (C=O) groups is 1. The highest BCUT2D eigenvalue weighted by Crippen LogP contribution is 2.22. The van der Waals surface area contributed by atoms with Gasteiger partial charge in [-0.25, -0.2) is 0 Å². The number of rotatable bonds is 6. The van der Waals surface area contributed by atoms with Crippen molar-refractivity contribution in [1.82, 2.24) is 5.32 Å². The van der Waals surface area contributed by atoms with Crippen molar-refractivity contribution in [3.05, 3.63) is 28.8 Å². The van der Waals surface area contributed by atoms with Crippen molar-refractivity contribution in [2.45, 2.75) is 20.0 Å². The predicted octanol–water partition coefficient (Wildman–Crippen LogP) is 1.79. The number of nitrogens with one attached hydrogen (secondary N) is 1. The van der Waals surface area contributed by atoms with Gasteiger partial charge in [0.05, 0.1) is 13.2 Å². The van der Waals surface area contributed by atoms with Crippen LogP contribution in [0.5, 0.6) is 0 Å². The SMILES string of the molecule is CCCNC(=O)CN(C)c1ccc(CO)c(Cl)c1. The Morgan fingerprint density at radius 3 is 2.78 bits per heavy atom. The molecule has 0 aliphatic carbocycles. The average molecular weight is 271 g/mol. The molecule has 100 valence electrons. The van der Waals surface area contributed by atoms with Gasteiger partial charge in [0.25, 0.3) is 0 Å². The summed E-state index contributed by atoms with van der Waals surface area (Å²) >= 11 is 6.01. The molecule has 0 aliphatic rings. The quantitative estimate of drug-likeness (QED) is 0.829. The third kappa shape index (κ3) is 4.20. The fraction of sp³-hybridized carbons (Fsp3) is 0.462. The minimum Gasteiger partial charge on any atom is -0.392 e. The van der Waals surface area contributed by atoms with Gasteiger partial charge in [-0.05, 0) is 24.1 Å². The van der Waals surface area contributed by atoms with E-state index in [1.807, 2.05) is 24.9 Å². The van der Waals surface area contributed by atoms with E-state index in [1.54, 1.807) is 12.1 Å². The number of hydrogen-bond acceptors (Lipinski definition) is 3. The van der Waals surface area contributed by atoms with Crippen LogP contribution in [0.2, 0.25) is 5.02 Å². The number of nitrogens with zero attached hydrogens (tertiary/aromatic N) is 1. The highest BCUT2D eigenvalue weighted by atomic mass is 35.5. The molecule has 18 heavy (non-hydrogen) atoms. The molecule has 1 aromatic rings. The molecule has 0 aromatic heterocycles. The van der Waals surface area contributed by atoms with Crippen LogP contribution in [0, 0.1) is 0 Å². The van der Waals surface area contributed by atoms with Crippen LogP contribution in [0.15, 0.2) is 18.2 Å². The second kappa shape index (κ2) is 7.24. The van der Waals surface area contributed by atoms with E-state index in [0.29, 0.717) is 17.1 Å². The van der Waals surface area contributed by atoms with E-state index in [2.05, 4.69) is 5.32 Å². The summed E-state index contributed by atoms with van der Waals surface area (Å²) in [5.41, 5.74) is 1.54. The second-order valence-electron chi connectivity index (χ2n) is 4.14. The van der Waals surface area contributed by atoms with E-state index in [-0.39, 0.29) is 19.1 Å². The predicted molar refractivity (Wildman–Crippen MR) is 73.9 cm³/mol. The van der Waals surface area contributed by atoms with E-state index in [9.17, 15) is 4.79 Å². The molecule has 0 atom stereocenters. The lowest BCUT2D eigenvalue weighted by molar-refractivity contribution is -0.119. The molecule has 0 saturated carbocycles. The molecule has 5 heteroatoms. The highest BCUT2D eigenvalue weighted by Gasteiger charge is 2.08. The van der Waals surface area contributed by atoms with Crippen LogP contribution in [0.3, 0.4) is 0 Å². The molecule has 0 bridgehead atoms. The molecule has 1 aromatic carbocycles. The Hall–Kier alpha value is -1.26. The zero-order chi connectivity index (χ0) is 13.5. The summed E-state index contributed by atoms with van der Waals surface area (Å²) in [6.45, 7) is 2.91. The minimum atomic E-state index is -0.0835. The fourth-order valence-electron chi connectivity index (χ4n) is 1.53. The van der Waals surface area contributed by atoms with Crippen molar-refractivity contribution in [3.8, 4) is 0 Å². The minimum absolute atomic E-state index is 0.0123. The van der Waals surface area contributed by atoms with E-state index in [1.165, 1.54) is 0 Å². The molecule has 0 fully saturated rings. The maximum absolute atomic E-state index is 11.6. The van der Waals surface area contributed by atoms with Crippen LogP contribution in [-0.2, 0) is 11.4 Å². The Morgan fingerprint density at radius 1 is 1.50 bits per heavy atom. The first-order chi connectivity index (χ1) is 8.58. The number of aliphatic hydroxyl groups is 1. The van der Waals surface area contributed by atoms with Gasteiger partial charge < -0.3 is 15.3 Å². The Kier molecular flexibility index (Phi) is 5.95. The smallest absolute Gasteiger partial charge is 0.239 e. The summed E-state index contributed by atoms with van der Waals surface area (Å²) in [7, 11) is 1.83. The maximum atomic E-state index is 11.6.